The number of hydrogen-bond acceptors (Lipinski definition) is 2. The van der Waals surface area contributed by atoms with Crippen LogP contribution in [0, 0.1) is 18.2 Å². The highest BCUT2D eigenvalue weighted by molar-refractivity contribution is 7.89. The molecular formula is C11H10Cl2FNO2S. The van der Waals surface area contributed by atoms with Gasteiger partial charge >= 0.3 is 0 Å². The highest BCUT2D eigenvalue weighted by Gasteiger charge is 2.23. The Kier molecular flexibility index (Phi) is 5.00. The number of sulfonamides is 1. The number of terminal acetylenes is 1. The summed E-state index contributed by atoms with van der Waals surface area (Å²) in [5.41, 5.74) is 0. The summed E-state index contributed by atoms with van der Waals surface area (Å²) in [5.74, 6) is 1.35. The van der Waals surface area contributed by atoms with Gasteiger partial charge in [-0.15, -0.1) is 12.3 Å². The molecule has 0 heterocycles. The van der Waals surface area contributed by atoms with Crippen LogP contribution in [0.25, 0.3) is 0 Å². The molecule has 1 N–H and O–H groups in total. The van der Waals surface area contributed by atoms with Crippen molar-refractivity contribution < 1.29 is 12.8 Å². The Morgan fingerprint density at radius 3 is 2.67 bits per heavy atom. The fraction of sp³-hybridized carbons (Fsp3) is 0.273. The first-order valence-corrected chi connectivity index (χ1v) is 7.12. The minimum absolute atomic E-state index is 0.215. The minimum atomic E-state index is -3.93. The van der Waals surface area contributed by atoms with Crippen molar-refractivity contribution in [2.24, 2.45) is 0 Å². The second-order valence-electron chi connectivity index (χ2n) is 3.60. The normalized spacial score (nSPS) is 13.1. The van der Waals surface area contributed by atoms with Crippen LogP contribution in [0.1, 0.15) is 13.3 Å². The SMILES string of the molecule is C#CCC(C)NS(=O)(=O)c1ccc(Cl)c(F)c1Cl. The van der Waals surface area contributed by atoms with Gasteiger partial charge in [0.15, 0.2) is 5.82 Å². The summed E-state index contributed by atoms with van der Waals surface area (Å²) in [6.45, 7) is 1.59. The van der Waals surface area contributed by atoms with Gasteiger partial charge in [-0.3, -0.25) is 0 Å². The van der Waals surface area contributed by atoms with Crippen molar-refractivity contribution in [1.29, 1.82) is 0 Å². The van der Waals surface area contributed by atoms with Gasteiger partial charge in [0.1, 0.15) is 4.90 Å². The summed E-state index contributed by atoms with van der Waals surface area (Å²) in [6.07, 6.45) is 5.29. The summed E-state index contributed by atoms with van der Waals surface area (Å²) >= 11 is 11.1. The molecule has 0 saturated carbocycles. The van der Waals surface area contributed by atoms with Gasteiger partial charge in [-0.25, -0.2) is 17.5 Å². The Morgan fingerprint density at radius 2 is 2.11 bits per heavy atom. The molecule has 0 aliphatic heterocycles. The lowest BCUT2D eigenvalue weighted by Gasteiger charge is -2.13. The van der Waals surface area contributed by atoms with Crippen molar-refractivity contribution in [2.45, 2.75) is 24.3 Å². The molecule has 1 atom stereocenters. The standard InChI is InChI=1S/C11H10Cl2FNO2S/c1-3-4-7(2)15-18(16,17)9-6-5-8(12)11(14)10(9)13/h1,5-7,15H,4H2,2H3. The summed E-state index contributed by atoms with van der Waals surface area (Å²) in [6, 6.07) is 1.79. The average Bonchev–Trinajstić information content (AvgIpc) is 2.25. The second-order valence-corrected chi connectivity index (χ2v) is 6.07. The maximum absolute atomic E-state index is 13.4. The third-order valence-electron chi connectivity index (χ3n) is 2.07. The van der Waals surface area contributed by atoms with Crippen LogP contribution in [0.5, 0.6) is 0 Å². The fourth-order valence-corrected chi connectivity index (χ4v) is 3.25. The molecule has 3 nitrogen and oxygen atoms in total. The molecule has 0 amide bonds. The Labute approximate surface area is 115 Å². The number of halogens is 3. The molecule has 18 heavy (non-hydrogen) atoms. The van der Waals surface area contributed by atoms with Crippen LogP contribution >= 0.6 is 23.2 Å². The van der Waals surface area contributed by atoms with E-state index in [-0.39, 0.29) is 16.3 Å². The van der Waals surface area contributed by atoms with Crippen LogP contribution in [0.2, 0.25) is 10.0 Å². The molecule has 98 valence electrons. The van der Waals surface area contributed by atoms with E-state index < -0.39 is 26.9 Å². The second kappa shape index (κ2) is 5.89. The van der Waals surface area contributed by atoms with E-state index in [0.29, 0.717) is 0 Å². The van der Waals surface area contributed by atoms with Gasteiger partial charge in [-0.05, 0) is 19.1 Å². The van der Waals surface area contributed by atoms with E-state index in [1.165, 1.54) is 0 Å². The lowest BCUT2D eigenvalue weighted by Crippen LogP contribution is -2.32. The zero-order valence-electron chi connectivity index (χ0n) is 9.38. The third kappa shape index (κ3) is 3.36. The van der Waals surface area contributed by atoms with E-state index in [2.05, 4.69) is 10.6 Å². The first-order valence-electron chi connectivity index (χ1n) is 4.89. The Hall–Kier alpha value is -0.800. The van der Waals surface area contributed by atoms with Crippen LogP contribution in [0.3, 0.4) is 0 Å². The number of nitrogens with one attached hydrogen (secondary N) is 1. The predicted molar refractivity (Wildman–Crippen MR) is 69.7 cm³/mol. The van der Waals surface area contributed by atoms with Gasteiger partial charge in [0.25, 0.3) is 0 Å². The van der Waals surface area contributed by atoms with Crippen LogP contribution in [0.4, 0.5) is 4.39 Å². The van der Waals surface area contributed by atoms with E-state index >= 15 is 0 Å². The zero-order chi connectivity index (χ0) is 13.9. The van der Waals surface area contributed by atoms with Gasteiger partial charge in [0.2, 0.25) is 10.0 Å². The third-order valence-corrected chi connectivity index (χ3v) is 4.48. The highest BCUT2D eigenvalue weighted by atomic mass is 35.5. The van der Waals surface area contributed by atoms with Gasteiger partial charge in [-0.1, -0.05) is 23.2 Å². The molecule has 0 saturated heterocycles. The quantitative estimate of drug-likeness (QED) is 0.686. The largest absolute Gasteiger partial charge is 0.242 e. The van der Waals surface area contributed by atoms with E-state index in [1.54, 1.807) is 6.92 Å². The van der Waals surface area contributed by atoms with Crippen molar-refractivity contribution >= 4 is 33.2 Å². The van der Waals surface area contributed by atoms with Gasteiger partial charge in [0, 0.05) is 12.5 Å². The maximum Gasteiger partial charge on any atom is 0.242 e. The van der Waals surface area contributed by atoms with Crippen molar-refractivity contribution in [3.05, 3.63) is 28.0 Å². The summed E-state index contributed by atoms with van der Waals surface area (Å²) in [5, 5.41) is -0.779. The number of benzene rings is 1. The zero-order valence-corrected chi connectivity index (χ0v) is 11.7. The Bertz CT molecular complexity index is 596. The highest BCUT2D eigenvalue weighted by Crippen LogP contribution is 2.29. The minimum Gasteiger partial charge on any atom is -0.207 e. The molecule has 0 bridgehead atoms. The topological polar surface area (TPSA) is 46.2 Å². The Morgan fingerprint density at radius 1 is 1.50 bits per heavy atom. The Balaban J connectivity index is 3.15. The fourth-order valence-electron chi connectivity index (χ4n) is 1.26. The first kappa shape index (κ1) is 15.3. The van der Waals surface area contributed by atoms with E-state index in [0.717, 1.165) is 12.1 Å². The van der Waals surface area contributed by atoms with Crippen molar-refractivity contribution in [3.63, 3.8) is 0 Å². The number of rotatable bonds is 4. The van der Waals surface area contributed by atoms with E-state index in [9.17, 15) is 12.8 Å². The molecule has 0 aliphatic rings. The van der Waals surface area contributed by atoms with Crippen LogP contribution < -0.4 is 4.72 Å². The smallest absolute Gasteiger partial charge is 0.207 e. The predicted octanol–water partition coefficient (Wildman–Crippen LogP) is 2.82. The van der Waals surface area contributed by atoms with E-state index in [1.807, 2.05) is 0 Å². The molecule has 0 radical (unpaired) electrons. The van der Waals surface area contributed by atoms with E-state index in [4.69, 9.17) is 29.6 Å². The molecule has 7 heteroatoms. The van der Waals surface area contributed by atoms with Crippen molar-refractivity contribution in [1.82, 2.24) is 4.72 Å². The summed E-state index contributed by atoms with van der Waals surface area (Å²) in [4.78, 5) is -0.366. The summed E-state index contributed by atoms with van der Waals surface area (Å²) in [7, 11) is -3.93. The molecule has 0 fully saturated rings. The van der Waals surface area contributed by atoms with Crippen LogP contribution in [-0.2, 0) is 10.0 Å². The average molecular weight is 310 g/mol. The lowest BCUT2D eigenvalue weighted by molar-refractivity contribution is 0.561. The van der Waals surface area contributed by atoms with Gasteiger partial charge in [-0.2, -0.15) is 0 Å². The molecular weight excluding hydrogens is 300 g/mol. The maximum atomic E-state index is 13.4. The first-order chi connectivity index (χ1) is 8.29. The van der Waals surface area contributed by atoms with Gasteiger partial charge in [0.05, 0.1) is 10.0 Å². The van der Waals surface area contributed by atoms with Crippen molar-refractivity contribution in [3.8, 4) is 12.3 Å². The van der Waals surface area contributed by atoms with Crippen molar-refractivity contribution in [2.75, 3.05) is 0 Å². The molecule has 0 aliphatic carbocycles. The number of hydrogen-bond donors (Lipinski definition) is 1. The summed E-state index contributed by atoms with van der Waals surface area (Å²) < 4.78 is 39.6. The van der Waals surface area contributed by atoms with Crippen LogP contribution in [0.15, 0.2) is 17.0 Å². The molecule has 1 unspecified atom stereocenters. The monoisotopic (exact) mass is 309 g/mol. The molecule has 0 spiro atoms. The molecule has 1 rings (SSSR count). The van der Waals surface area contributed by atoms with Crippen LogP contribution in [-0.4, -0.2) is 14.5 Å². The molecule has 1 aromatic carbocycles. The molecule has 1 aromatic rings. The lowest BCUT2D eigenvalue weighted by atomic mass is 10.3. The molecule has 0 aromatic heterocycles. The van der Waals surface area contributed by atoms with Gasteiger partial charge < -0.3 is 0 Å².